The number of benzene rings is 2. The largest absolute Gasteiger partial charge is 0.398 e. The van der Waals surface area contributed by atoms with E-state index < -0.39 is 11.7 Å². The van der Waals surface area contributed by atoms with Crippen molar-refractivity contribution in [1.82, 2.24) is 0 Å². The average Bonchev–Trinajstić information content (AvgIpc) is 2.36. The zero-order valence-electron chi connectivity index (χ0n) is 9.58. The first-order chi connectivity index (χ1) is 8.97. The van der Waals surface area contributed by atoms with E-state index in [1.54, 1.807) is 18.2 Å². The minimum absolute atomic E-state index is 0.0110. The monoisotopic (exact) mass is 342 g/mol. The summed E-state index contributed by atoms with van der Waals surface area (Å²) in [6.07, 6.45) is 0. The zero-order valence-corrected chi connectivity index (χ0v) is 11.9. The lowest BCUT2D eigenvalue weighted by Crippen LogP contribution is -2.15. The maximum absolute atomic E-state index is 13.5. The molecule has 0 unspecified atom stereocenters. The number of anilines is 2. The molecule has 2 aromatic carbocycles. The van der Waals surface area contributed by atoms with Crippen LogP contribution in [0.4, 0.5) is 15.8 Å². The Hall–Kier alpha value is -1.59. The van der Waals surface area contributed by atoms with Gasteiger partial charge in [-0.15, -0.1) is 0 Å². The van der Waals surface area contributed by atoms with Crippen LogP contribution in [-0.2, 0) is 0 Å². The van der Waals surface area contributed by atoms with Crippen LogP contribution in [0.3, 0.4) is 0 Å². The minimum Gasteiger partial charge on any atom is -0.398 e. The molecule has 0 radical (unpaired) electrons. The second kappa shape index (κ2) is 5.59. The van der Waals surface area contributed by atoms with Crippen molar-refractivity contribution in [3.8, 4) is 0 Å². The second-order valence-electron chi connectivity index (χ2n) is 3.81. The summed E-state index contributed by atoms with van der Waals surface area (Å²) in [5.41, 5.74) is 6.29. The number of amides is 1. The van der Waals surface area contributed by atoms with Crippen molar-refractivity contribution in [1.29, 1.82) is 0 Å². The number of nitrogens with one attached hydrogen (secondary N) is 1. The summed E-state index contributed by atoms with van der Waals surface area (Å²) in [4.78, 5) is 12.0. The molecule has 6 heteroatoms. The van der Waals surface area contributed by atoms with Crippen LogP contribution in [-0.4, -0.2) is 5.91 Å². The number of hydrogen-bond acceptors (Lipinski definition) is 2. The van der Waals surface area contributed by atoms with Crippen molar-refractivity contribution >= 4 is 44.8 Å². The molecule has 1 amide bonds. The van der Waals surface area contributed by atoms with Crippen LogP contribution in [0.5, 0.6) is 0 Å². The standard InChI is InChI=1S/C13H9BrClFN2O/c14-7-1-4-11(17)9(5-7)13(19)18-12-6-8(15)2-3-10(12)16/h1-6H,17H2,(H,18,19). The molecular weight excluding hydrogens is 335 g/mol. The van der Waals surface area contributed by atoms with Crippen LogP contribution in [0.25, 0.3) is 0 Å². The first kappa shape index (κ1) is 13.8. The highest BCUT2D eigenvalue weighted by molar-refractivity contribution is 9.10. The predicted molar refractivity (Wildman–Crippen MR) is 77.9 cm³/mol. The molecule has 0 saturated carbocycles. The molecule has 19 heavy (non-hydrogen) atoms. The smallest absolute Gasteiger partial charge is 0.257 e. The van der Waals surface area contributed by atoms with Crippen LogP contribution >= 0.6 is 27.5 Å². The maximum Gasteiger partial charge on any atom is 0.257 e. The summed E-state index contributed by atoms with van der Waals surface area (Å²) in [5.74, 6) is -1.06. The summed E-state index contributed by atoms with van der Waals surface area (Å²) >= 11 is 9.00. The van der Waals surface area contributed by atoms with Gasteiger partial charge in [0.2, 0.25) is 0 Å². The van der Waals surface area contributed by atoms with E-state index in [2.05, 4.69) is 21.2 Å². The summed E-state index contributed by atoms with van der Waals surface area (Å²) in [6.45, 7) is 0. The SMILES string of the molecule is Nc1ccc(Br)cc1C(=O)Nc1cc(Cl)ccc1F. The quantitative estimate of drug-likeness (QED) is 0.807. The van der Waals surface area contributed by atoms with Gasteiger partial charge >= 0.3 is 0 Å². The van der Waals surface area contributed by atoms with Gasteiger partial charge in [0.15, 0.2) is 0 Å². The lowest BCUT2D eigenvalue weighted by Gasteiger charge is -2.09. The first-order valence-corrected chi connectivity index (χ1v) is 6.46. The lowest BCUT2D eigenvalue weighted by molar-refractivity contribution is 0.102. The van der Waals surface area contributed by atoms with Gasteiger partial charge in [0.25, 0.3) is 5.91 Å². The molecule has 0 saturated heterocycles. The molecule has 0 aliphatic carbocycles. The number of rotatable bonds is 2. The fourth-order valence-corrected chi connectivity index (χ4v) is 2.04. The molecule has 0 fully saturated rings. The van der Waals surface area contributed by atoms with Crippen LogP contribution in [0.2, 0.25) is 5.02 Å². The van der Waals surface area contributed by atoms with Crippen molar-refractivity contribution in [3.05, 3.63) is 57.3 Å². The molecule has 2 aromatic rings. The Bertz CT molecular complexity index is 649. The molecular formula is C13H9BrClFN2O. The third-order valence-electron chi connectivity index (χ3n) is 2.44. The molecule has 0 aliphatic heterocycles. The van der Waals surface area contributed by atoms with Crippen molar-refractivity contribution in [3.63, 3.8) is 0 Å². The summed E-state index contributed by atoms with van der Waals surface area (Å²) in [6, 6.07) is 8.79. The van der Waals surface area contributed by atoms with Crippen LogP contribution in [0.1, 0.15) is 10.4 Å². The van der Waals surface area contributed by atoms with Crippen molar-refractivity contribution in [2.24, 2.45) is 0 Å². The molecule has 0 atom stereocenters. The molecule has 0 aliphatic rings. The van der Waals surface area contributed by atoms with E-state index in [1.165, 1.54) is 18.2 Å². The number of halogens is 3. The zero-order chi connectivity index (χ0) is 14.0. The van der Waals surface area contributed by atoms with Gasteiger partial charge in [-0.1, -0.05) is 27.5 Å². The van der Waals surface area contributed by atoms with E-state index in [4.69, 9.17) is 17.3 Å². The molecule has 3 nitrogen and oxygen atoms in total. The van der Waals surface area contributed by atoms with E-state index in [-0.39, 0.29) is 11.3 Å². The number of nitrogens with two attached hydrogens (primary N) is 1. The summed E-state index contributed by atoms with van der Waals surface area (Å²) in [5, 5.41) is 2.77. The van der Waals surface area contributed by atoms with Gasteiger partial charge in [-0.05, 0) is 36.4 Å². The van der Waals surface area contributed by atoms with Crippen molar-refractivity contribution < 1.29 is 9.18 Å². The Balaban J connectivity index is 2.30. The predicted octanol–water partition coefficient (Wildman–Crippen LogP) is 4.08. The number of carbonyl (C=O) groups excluding carboxylic acids is 1. The normalized spacial score (nSPS) is 10.3. The lowest BCUT2D eigenvalue weighted by atomic mass is 10.1. The van der Waals surface area contributed by atoms with Gasteiger partial charge in [-0.2, -0.15) is 0 Å². The molecule has 0 heterocycles. The highest BCUT2D eigenvalue weighted by atomic mass is 79.9. The molecule has 3 N–H and O–H groups in total. The van der Waals surface area contributed by atoms with Crippen LogP contribution < -0.4 is 11.1 Å². The number of hydrogen-bond donors (Lipinski definition) is 2. The van der Waals surface area contributed by atoms with Gasteiger partial charge in [0.1, 0.15) is 5.82 Å². The van der Waals surface area contributed by atoms with Crippen LogP contribution in [0, 0.1) is 5.82 Å². The van der Waals surface area contributed by atoms with E-state index in [0.29, 0.717) is 15.2 Å². The fourth-order valence-electron chi connectivity index (χ4n) is 1.51. The van der Waals surface area contributed by atoms with E-state index in [0.717, 1.165) is 0 Å². The van der Waals surface area contributed by atoms with Gasteiger partial charge in [-0.25, -0.2) is 4.39 Å². The average molecular weight is 344 g/mol. The van der Waals surface area contributed by atoms with E-state index >= 15 is 0 Å². The Morgan fingerprint density at radius 1 is 1.26 bits per heavy atom. The number of carbonyl (C=O) groups is 1. The Labute approximate surface area is 122 Å². The minimum atomic E-state index is -0.564. The molecule has 2 rings (SSSR count). The van der Waals surface area contributed by atoms with E-state index in [1.807, 2.05) is 0 Å². The molecule has 0 spiro atoms. The first-order valence-electron chi connectivity index (χ1n) is 5.29. The maximum atomic E-state index is 13.5. The fraction of sp³-hybridized carbons (Fsp3) is 0. The third-order valence-corrected chi connectivity index (χ3v) is 3.16. The Morgan fingerprint density at radius 2 is 2.00 bits per heavy atom. The Morgan fingerprint density at radius 3 is 2.74 bits per heavy atom. The third kappa shape index (κ3) is 3.24. The van der Waals surface area contributed by atoms with Gasteiger partial charge in [-0.3, -0.25) is 4.79 Å². The van der Waals surface area contributed by atoms with Crippen molar-refractivity contribution in [2.45, 2.75) is 0 Å². The molecule has 0 bridgehead atoms. The van der Waals surface area contributed by atoms with Gasteiger partial charge in [0.05, 0.1) is 11.3 Å². The highest BCUT2D eigenvalue weighted by Crippen LogP contribution is 2.23. The molecule has 0 aromatic heterocycles. The number of nitrogen functional groups attached to an aromatic ring is 1. The van der Waals surface area contributed by atoms with Gasteiger partial charge < -0.3 is 11.1 Å². The topological polar surface area (TPSA) is 55.1 Å². The van der Waals surface area contributed by atoms with Crippen molar-refractivity contribution in [2.75, 3.05) is 11.1 Å². The second-order valence-corrected chi connectivity index (χ2v) is 5.16. The Kier molecular flexibility index (Phi) is 4.07. The summed E-state index contributed by atoms with van der Waals surface area (Å²) < 4.78 is 14.2. The highest BCUT2D eigenvalue weighted by Gasteiger charge is 2.13. The molecule has 98 valence electrons. The van der Waals surface area contributed by atoms with E-state index in [9.17, 15) is 9.18 Å². The van der Waals surface area contributed by atoms with Gasteiger partial charge in [0, 0.05) is 15.2 Å². The summed E-state index contributed by atoms with van der Waals surface area (Å²) in [7, 11) is 0. The van der Waals surface area contributed by atoms with Crippen LogP contribution in [0.15, 0.2) is 40.9 Å².